The van der Waals surface area contributed by atoms with Crippen molar-refractivity contribution in [2.24, 2.45) is 0 Å². The molecule has 1 fully saturated rings. The molecule has 6 heteroatoms. The number of hydrogen-bond donors (Lipinski definition) is 1. The van der Waals surface area contributed by atoms with Crippen molar-refractivity contribution in [2.75, 3.05) is 18.4 Å². The van der Waals surface area contributed by atoms with Crippen LogP contribution < -0.4 is 5.32 Å². The molecule has 1 aromatic heterocycles. The van der Waals surface area contributed by atoms with Gasteiger partial charge in [-0.25, -0.2) is 0 Å². The fourth-order valence-corrected chi connectivity index (χ4v) is 3.25. The Labute approximate surface area is 134 Å². The van der Waals surface area contributed by atoms with Gasteiger partial charge in [0.15, 0.2) is 0 Å². The second kappa shape index (κ2) is 6.98. The summed E-state index contributed by atoms with van der Waals surface area (Å²) in [6.45, 7) is 5.35. The molecule has 0 atom stereocenters. The fraction of sp³-hybridized carbons (Fsp3) is 0.438. The number of rotatable bonds is 5. The maximum atomic E-state index is 12.2. The van der Waals surface area contributed by atoms with Crippen LogP contribution in [-0.4, -0.2) is 34.1 Å². The molecule has 1 aromatic carbocycles. The Balaban J connectivity index is 1.60. The van der Waals surface area contributed by atoms with Gasteiger partial charge in [-0.3, -0.25) is 15.0 Å². The molecule has 2 heterocycles. The highest BCUT2D eigenvalue weighted by atomic mass is 32.1. The number of hydrogen-bond acceptors (Lipinski definition) is 5. The number of aryl methyl sites for hydroxylation is 1. The largest absolute Gasteiger partial charge is 0.299 e. The van der Waals surface area contributed by atoms with Crippen LogP contribution in [0, 0.1) is 0 Å². The molecular formula is C16H20N4OS. The zero-order valence-electron chi connectivity index (χ0n) is 12.7. The summed E-state index contributed by atoms with van der Waals surface area (Å²) in [6, 6.07) is 7.82. The van der Waals surface area contributed by atoms with Crippen molar-refractivity contribution < 1.29 is 4.79 Å². The zero-order valence-corrected chi connectivity index (χ0v) is 13.5. The maximum Gasteiger partial charge on any atom is 0.257 e. The van der Waals surface area contributed by atoms with Crippen LogP contribution in [0.3, 0.4) is 0 Å². The van der Waals surface area contributed by atoms with E-state index < -0.39 is 0 Å². The highest BCUT2D eigenvalue weighted by molar-refractivity contribution is 7.15. The van der Waals surface area contributed by atoms with E-state index in [0.717, 1.165) is 18.0 Å². The minimum Gasteiger partial charge on any atom is -0.299 e. The van der Waals surface area contributed by atoms with Gasteiger partial charge >= 0.3 is 0 Å². The average Bonchev–Trinajstić information content (AvgIpc) is 3.19. The lowest BCUT2D eigenvalue weighted by Crippen LogP contribution is -2.18. The number of benzene rings is 1. The van der Waals surface area contributed by atoms with Gasteiger partial charge in [-0.2, -0.15) is 0 Å². The number of likely N-dealkylation sites (tertiary alicyclic amines) is 1. The van der Waals surface area contributed by atoms with E-state index >= 15 is 0 Å². The van der Waals surface area contributed by atoms with E-state index in [1.807, 2.05) is 31.2 Å². The van der Waals surface area contributed by atoms with Gasteiger partial charge < -0.3 is 0 Å². The van der Waals surface area contributed by atoms with Crippen LogP contribution in [0.25, 0.3) is 0 Å². The quantitative estimate of drug-likeness (QED) is 0.921. The second-order valence-corrected chi connectivity index (χ2v) is 6.55. The molecule has 0 aliphatic carbocycles. The van der Waals surface area contributed by atoms with Crippen molar-refractivity contribution in [3.8, 4) is 0 Å². The van der Waals surface area contributed by atoms with Gasteiger partial charge in [-0.1, -0.05) is 30.4 Å². The van der Waals surface area contributed by atoms with Gasteiger partial charge in [0.2, 0.25) is 5.13 Å². The Hall–Kier alpha value is -1.79. The lowest BCUT2D eigenvalue weighted by atomic mass is 10.1. The van der Waals surface area contributed by atoms with E-state index in [2.05, 4.69) is 20.4 Å². The zero-order chi connectivity index (χ0) is 15.4. The first-order valence-corrected chi connectivity index (χ1v) is 8.51. The Morgan fingerprint density at radius 1 is 1.23 bits per heavy atom. The molecule has 0 unspecified atom stereocenters. The topological polar surface area (TPSA) is 58.1 Å². The molecule has 1 saturated heterocycles. The van der Waals surface area contributed by atoms with Gasteiger partial charge in [0.1, 0.15) is 5.01 Å². The summed E-state index contributed by atoms with van der Waals surface area (Å²) in [5.74, 6) is -0.133. The molecule has 0 saturated carbocycles. The van der Waals surface area contributed by atoms with Crippen LogP contribution in [0.4, 0.5) is 5.13 Å². The summed E-state index contributed by atoms with van der Waals surface area (Å²) in [5.41, 5.74) is 1.90. The predicted octanol–water partition coefficient (Wildman–Crippen LogP) is 2.95. The number of aromatic nitrogens is 2. The number of nitrogens with one attached hydrogen (secondary N) is 1. The lowest BCUT2D eigenvalue weighted by molar-refractivity contribution is 0.102. The summed E-state index contributed by atoms with van der Waals surface area (Å²) >= 11 is 1.42. The van der Waals surface area contributed by atoms with Crippen molar-refractivity contribution in [3.05, 3.63) is 40.4 Å². The van der Waals surface area contributed by atoms with E-state index in [1.54, 1.807) is 0 Å². The van der Waals surface area contributed by atoms with E-state index in [9.17, 15) is 4.79 Å². The first-order valence-electron chi connectivity index (χ1n) is 7.69. The number of amides is 1. The monoisotopic (exact) mass is 316 g/mol. The first kappa shape index (κ1) is 15.1. The minimum atomic E-state index is -0.133. The molecule has 0 radical (unpaired) electrons. The Morgan fingerprint density at radius 2 is 1.95 bits per heavy atom. The molecule has 1 amide bonds. The summed E-state index contributed by atoms with van der Waals surface area (Å²) in [6.07, 6.45) is 3.42. The number of anilines is 1. The van der Waals surface area contributed by atoms with Crippen molar-refractivity contribution in [1.82, 2.24) is 15.1 Å². The second-order valence-electron chi connectivity index (χ2n) is 5.49. The van der Waals surface area contributed by atoms with E-state index in [4.69, 9.17) is 0 Å². The van der Waals surface area contributed by atoms with Gasteiger partial charge in [0.25, 0.3) is 5.91 Å². The van der Waals surface area contributed by atoms with Crippen LogP contribution >= 0.6 is 11.3 Å². The van der Waals surface area contributed by atoms with Gasteiger partial charge in [0, 0.05) is 12.1 Å². The third-order valence-electron chi connectivity index (χ3n) is 3.81. The minimum absolute atomic E-state index is 0.133. The number of carbonyl (C=O) groups is 1. The van der Waals surface area contributed by atoms with Crippen LogP contribution in [0.15, 0.2) is 24.3 Å². The molecule has 2 aromatic rings. The van der Waals surface area contributed by atoms with E-state index in [-0.39, 0.29) is 5.91 Å². The predicted molar refractivity (Wildman–Crippen MR) is 88.2 cm³/mol. The normalized spacial score (nSPS) is 15.1. The van der Waals surface area contributed by atoms with Crippen LogP contribution in [-0.2, 0) is 13.0 Å². The van der Waals surface area contributed by atoms with Gasteiger partial charge in [-0.05, 0) is 50.0 Å². The lowest BCUT2D eigenvalue weighted by Gasteiger charge is -2.14. The highest BCUT2D eigenvalue weighted by Gasteiger charge is 2.13. The Kier molecular flexibility index (Phi) is 4.80. The average molecular weight is 316 g/mol. The molecule has 5 nitrogen and oxygen atoms in total. The van der Waals surface area contributed by atoms with Crippen molar-refractivity contribution in [2.45, 2.75) is 32.7 Å². The molecule has 0 spiro atoms. The Morgan fingerprint density at radius 3 is 2.59 bits per heavy atom. The van der Waals surface area contributed by atoms with Crippen molar-refractivity contribution >= 4 is 22.4 Å². The molecule has 1 N–H and O–H groups in total. The van der Waals surface area contributed by atoms with Gasteiger partial charge in [0.05, 0.1) is 0 Å². The molecule has 0 bridgehead atoms. The van der Waals surface area contributed by atoms with E-state index in [0.29, 0.717) is 10.7 Å². The molecule has 1 aliphatic heterocycles. The fourth-order valence-electron chi connectivity index (χ4n) is 2.58. The standard InChI is InChI=1S/C16H20N4OS/c1-2-14-18-19-16(22-14)17-15(21)13-7-5-12(6-8-13)11-20-9-3-4-10-20/h5-8H,2-4,9-11H2,1H3,(H,17,19,21). The third kappa shape index (κ3) is 3.69. The maximum absolute atomic E-state index is 12.2. The number of nitrogens with zero attached hydrogens (tertiary/aromatic N) is 3. The molecule has 1 aliphatic rings. The van der Waals surface area contributed by atoms with Gasteiger partial charge in [-0.15, -0.1) is 10.2 Å². The molecule has 3 rings (SSSR count). The summed E-state index contributed by atoms with van der Waals surface area (Å²) in [7, 11) is 0. The van der Waals surface area contributed by atoms with Crippen LogP contribution in [0.2, 0.25) is 0 Å². The Bertz CT molecular complexity index is 632. The molecular weight excluding hydrogens is 296 g/mol. The summed E-state index contributed by atoms with van der Waals surface area (Å²) < 4.78 is 0. The van der Waals surface area contributed by atoms with Crippen LogP contribution in [0.5, 0.6) is 0 Å². The number of carbonyl (C=O) groups excluding carboxylic acids is 1. The van der Waals surface area contributed by atoms with E-state index in [1.165, 1.54) is 42.8 Å². The SMILES string of the molecule is CCc1nnc(NC(=O)c2ccc(CN3CCCC3)cc2)s1. The first-order chi connectivity index (χ1) is 10.7. The summed E-state index contributed by atoms with van der Waals surface area (Å²) in [5, 5.41) is 12.3. The smallest absolute Gasteiger partial charge is 0.257 e. The molecule has 22 heavy (non-hydrogen) atoms. The van der Waals surface area contributed by atoms with Crippen molar-refractivity contribution in [1.29, 1.82) is 0 Å². The summed E-state index contributed by atoms with van der Waals surface area (Å²) in [4.78, 5) is 14.6. The van der Waals surface area contributed by atoms with Crippen molar-refractivity contribution in [3.63, 3.8) is 0 Å². The highest BCUT2D eigenvalue weighted by Crippen LogP contribution is 2.17. The molecule has 116 valence electrons. The van der Waals surface area contributed by atoms with Crippen LogP contribution in [0.1, 0.15) is 40.7 Å². The third-order valence-corrected chi connectivity index (χ3v) is 4.79.